The Labute approximate surface area is 137 Å². The summed E-state index contributed by atoms with van der Waals surface area (Å²) in [6.45, 7) is -0.452. The highest BCUT2D eigenvalue weighted by Gasteiger charge is 2.39. The fourth-order valence-electron chi connectivity index (χ4n) is 2.59. The molecule has 1 aromatic heterocycles. The molecule has 0 spiro atoms. The molecule has 0 unspecified atom stereocenters. The Balaban J connectivity index is 2.16. The Kier molecular flexibility index (Phi) is 4.05. The zero-order valence-corrected chi connectivity index (χ0v) is 12.4. The van der Waals surface area contributed by atoms with E-state index in [1.807, 2.05) is 0 Å². The number of hydrogen-bond acceptors (Lipinski definition) is 3. The third-order valence-corrected chi connectivity index (χ3v) is 3.78. The molecule has 25 heavy (non-hydrogen) atoms. The van der Waals surface area contributed by atoms with Crippen molar-refractivity contribution >= 4 is 6.09 Å². The average molecular weight is 359 g/mol. The van der Waals surface area contributed by atoms with Gasteiger partial charge in [0.15, 0.2) is 23.2 Å². The van der Waals surface area contributed by atoms with Crippen molar-refractivity contribution in [2.24, 2.45) is 0 Å². The lowest BCUT2D eigenvalue weighted by Crippen LogP contribution is -2.36. The third-order valence-electron chi connectivity index (χ3n) is 3.78. The zero-order chi connectivity index (χ0) is 18.4. The van der Waals surface area contributed by atoms with Gasteiger partial charge in [0.1, 0.15) is 0 Å². The van der Waals surface area contributed by atoms with Crippen LogP contribution in [0.15, 0.2) is 18.2 Å². The average Bonchev–Trinajstić information content (AvgIpc) is 2.54. The van der Waals surface area contributed by atoms with Crippen LogP contribution in [0, 0.1) is 11.6 Å². The third kappa shape index (κ3) is 3.24. The zero-order valence-electron chi connectivity index (χ0n) is 12.4. The normalized spacial score (nSPS) is 14.4. The predicted octanol–water partition coefficient (Wildman–Crippen LogP) is 3.48. The predicted molar refractivity (Wildman–Crippen MR) is 74.5 cm³/mol. The fraction of sp³-hybridized carbons (Fsp3) is 0.267. The van der Waals surface area contributed by atoms with Crippen molar-refractivity contribution in [2.45, 2.75) is 19.1 Å². The lowest BCUT2D eigenvalue weighted by molar-refractivity contribution is -0.142. The summed E-state index contributed by atoms with van der Waals surface area (Å²) >= 11 is 0. The minimum atomic E-state index is -4.79. The van der Waals surface area contributed by atoms with Crippen LogP contribution >= 0.6 is 0 Å². The molecule has 1 aromatic carbocycles. The lowest BCUT2D eigenvalue weighted by Gasteiger charge is -2.27. The molecule has 0 atom stereocenters. The Morgan fingerprint density at radius 1 is 1.16 bits per heavy atom. The summed E-state index contributed by atoms with van der Waals surface area (Å²) in [7, 11) is 0. The van der Waals surface area contributed by atoms with Crippen molar-refractivity contribution in [2.75, 3.05) is 6.54 Å². The molecule has 1 N–H and O–H groups in total. The highest BCUT2D eigenvalue weighted by atomic mass is 19.4. The highest BCUT2D eigenvalue weighted by molar-refractivity contribution is 5.66. The van der Waals surface area contributed by atoms with Gasteiger partial charge < -0.3 is 10.0 Å². The largest absolute Gasteiger partial charge is 0.465 e. The van der Waals surface area contributed by atoms with Gasteiger partial charge in [-0.3, -0.25) is 0 Å². The monoisotopic (exact) mass is 359 g/mol. The molecule has 10 heteroatoms. The molecule has 132 valence electrons. The standard InChI is InChI=1S/C15H10F5N3O2/c16-9-2-1-7(5-10(9)17)13-21-11-6-23(14(24)25)4-3-8(11)12(22-13)15(18,19)20/h1-2,5H,3-4,6H2,(H,24,25). The molecular weight excluding hydrogens is 349 g/mol. The highest BCUT2D eigenvalue weighted by Crippen LogP contribution is 2.35. The molecule has 1 amide bonds. The second-order valence-corrected chi connectivity index (χ2v) is 5.40. The van der Waals surface area contributed by atoms with Crippen LogP contribution in [0.5, 0.6) is 0 Å². The minimum Gasteiger partial charge on any atom is -0.465 e. The topological polar surface area (TPSA) is 66.3 Å². The molecule has 1 aliphatic heterocycles. The van der Waals surface area contributed by atoms with Crippen molar-refractivity contribution in [1.82, 2.24) is 14.9 Å². The first kappa shape index (κ1) is 17.1. The summed E-state index contributed by atoms with van der Waals surface area (Å²) < 4.78 is 66.3. The number of aromatic nitrogens is 2. The SMILES string of the molecule is O=C(O)N1CCc2c(nc(-c3ccc(F)c(F)c3)nc2C(F)(F)F)C1. The van der Waals surface area contributed by atoms with Crippen molar-refractivity contribution in [3.63, 3.8) is 0 Å². The number of alkyl halides is 3. The second-order valence-electron chi connectivity index (χ2n) is 5.40. The van der Waals surface area contributed by atoms with E-state index in [0.717, 1.165) is 17.0 Å². The van der Waals surface area contributed by atoms with E-state index < -0.39 is 35.4 Å². The van der Waals surface area contributed by atoms with E-state index in [-0.39, 0.29) is 36.3 Å². The van der Waals surface area contributed by atoms with Crippen LogP contribution < -0.4 is 0 Å². The van der Waals surface area contributed by atoms with E-state index in [0.29, 0.717) is 6.07 Å². The van der Waals surface area contributed by atoms with Crippen LogP contribution in [0.2, 0.25) is 0 Å². The summed E-state index contributed by atoms with van der Waals surface area (Å²) in [6, 6.07) is 2.50. The van der Waals surface area contributed by atoms with Crippen LogP contribution in [0.25, 0.3) is 11.4 Å². The van der Waals surface area contributed by atoms with Crippen molar-refractivity contribution in [1.29, 1.82) is 0 Å². The number of fused-ring (bicyclic) bond motifs is 1. The minimum absolute atomic E-state index is 0.101. The maximum Gasteiger partial charge on any atom is 0.433 e. The number of hydrogen-bond donors (Lipinski definition) is 1. The summed E-state index contributed by atoms with van der Waals surface area (Å²) in [5.74, 6) is -2.86. The molecule has 0 fully saturated rings. The van der Waals surface area contributed by atoms with Gasteiger partial charge in [0.2, 0.25) is 0 Å². The molecule has 0 saturated carbocycles. The first-order valence-corrected chi connectivity index (χ1v) is 7.07. The fourth-order valence-corrected chi connectivity index (χ4v) is 2.59. The molecule has 2 aromatic rings. The molecule has 5 nitrogen and oxygen atoms in total. The maximum atomic E-state index is 13.4. The number of carbonyl (C=O) groups is 1. The van der Waals surface area contributed by atoms with Crippen molar-refractivity contribution < 1.29 is 31.9 Å². The van der Waals surface area contributed by atoms with E-state index >= 15 is 0 Å². The van der Waals surface area contributed by atoms with Gasteiger partial charge in [-0.15, -0.1) is 0 Å². The lowest BCUT2D eigenvalue weighted by atomic mass is 10.0. The molecule has 0 bridgehead atoms. The summed E-state index contributed by atoms with van der Waals surface area (Å²) in [5.41, 5.74) is -1.62. The summed E-state index contributed by atoms with van der Waals surface area (Å²) in [4.78, 5) is 19.4. The molecule has 3 rings (SSSR count). The second kappa shape index (κ2) is 5.94. The molecule has 2 heterocycles. The van der Waals surface area contributed by atoms with Crippen LogP contribution in [-0.2, 0) is 19.1 Å². The molecular formula is C15H10F5N3O2. The first-order valence-electron chi connectivity index (χ1n) is 7.07. The molecule has 1 aliphatic rings. The Morgan fingerprint density at radius 2 is 1.88 bits per heavy atom. The maximum absolute atomic E-state index is 13.4. The van der Waals surface area contributed by atoms with E-state index in [4.69, 9.17) is 5.11 Å². The van der Waals surface area contributed by atoms with Gasteiger partial charge in [-0.2, -0.15) is 13.2 Å². The van der Waals surface area contributed by atoms with Gasteiger partial charge in [0, 0.05) is 17.7 Å². The van der Waals surface area contributed by atoms with Crippen LogP contribution in [-0.4, -0.2) is 32.6 Å². The Hall–Kier alpha value is -2.78. The quantitative estimate of drug-likeness (QED) is 0.792. The van der Waals surface area contributed by atoms with E-state index in [2.05, 4.69) is 9.97 Å². The molecule has 0 saturated heterocycles. The van der Waals surface area contributed by atoms with Crippen molar-refractivity contribution in [3.8, 4) is 11.4 Å². The van der Waals surface area contributed by atoms with Gasteiger partial charge >= 0.3 is 12.3 Å². The number of carboxylic acid groups (broad SMARTS) is 1. The van der Waals surface area contributed by atoms with Crippen LogP contribution in [0.4, 0.5) is 26.7 Å². The van der Waals surface area contributed by atoms with Gasteiger partial charge in [-0.1, -0.05) is 0 Å². The van der Waals surface area contributed by atoms with Gasteiger partial charge in [-0.05, 0) is 24.6 Å². The smallest absolute Gasteiger partial charge is 0.433 e. The van der Waals surface area contributed by atoms with Crippen molar-refractivity contribution in [3.05, 3.63) is 46.8 Å². The summed E-state index contributed by atoms with van der Waals surface area (Å²) in [5, 5.41) is 9.02. The number of benzene rings is 1. The van der Waals surface area contributed by atoms with E-state index in [1.165, 1.54) is 0 Å². The molecule has 0 aliphatic carbocycles. The van der Waals surface area contributed by atoms with Gasteiger partial charge in [0.05, 0.1) is 12.2 Å². The van der Waals surface area contributed by atoms with E-state index in [1.54, 1.807) is 0 Å². The number of nitrogens with zero attached hydrogens (tertiary/aromatic N) is 3. The Bertz CT molecular complexity index is 854. The van der Waals surface area contributed by atoms with Crippen LogP contribution in [0.3, 0.4) is 0 Å². The van der Waals surface area contributed by atoms with Gasteiger partial charge in [0.25, 0.3) is 0 Å². The Morgan fingerprint density at radius 3 is 2.48 bits per heavy atom. The van der Waals surface area contributed by atoms with Crippen LogP contribution in [0.1, 0.15) is 17.0 Å². The van der Waals surface area contributed by atoms with Gasteiger partial charge in [-0.25, -0.2) is 23.5 Å². The number of amides is 1. The van der Waals surface area contributed by atoms with E-state index in [9.17, 15) is 26.7 Å². The first-order chi connectivity index (χ1) is 11.7. The number of rotatable bonds is 1. The molecule has 0 radical (unpaired) electrons. The summed E-state index contributed by atoms with van der Waals surface area (Å²) in [6.07, 6.45) is -6.26. The number of halogens is 5.